The summed E-state index contributed by atoms with van der Waals surface area (Å²) in [5, 5.41) is 17.2. The molecular weight excluding hydrogens is 552 g/mol. The molecule has 0 saturated carbocycles. The molecule has 4 aromatic carbocycles. The van der Waals surface area contributed by atoms with Crippen LogP contribution in [0.2, 0.25) is 0 Å². The van der Waals surface area contributed by atoms with E-state index in [0.717, 1.165) is 80.1 Å². The number of aromatic nitrogens is 2. The zero-order valence-corrected chi connectivity index (χ0v) is 23.9. The van der Waals surface area contributed by atoms with Crippen molar-refractivity contribution in [2.45, 2.75) is 19.4 Å². The van der Waals surface area contributed by atoms with Crippen molar-refractivity contribution in [1.29, 1.82) is 0 Å². The quantitative estimate of drug-likeness (QED) is 0.175. The van der Waals surface area contributed by atoms with Crippen molar-refractivity contribution in [3.63, 3.8) is 0 Å². The van der Waals surface area contributed by atoms with E-state index in [1.807, 2.05) is 78.9 Å². The lowest BCUT2D eigenvalue weighted by Gasteiger charge is -2.05. The summed E-state index contributed by atoms with van der Waals surface area (Å²) in [6, 6.07) is 26.9. The molecule has 0 aliphatic carbocycles. The van der Waals surface area contributed by atoms with E-state index < -0.39 is 0 Å². The number of carbonyl (C=O) groups excluding carboxylic acids is 3. The van der Waals surface area contributed by atoms with Gasteiger partial charge in [0.05, 0.1) is 6.61 Å². The highest BCUT2D eigenvalue weighted by Crippen LogP contribution is 2.35. The monoisotopic (exact) mass is 582 g/mol. The number of hydrogen-bond acceptors (Lipinski definition) is 4. The number of carbonyl (C=O) groups is 3. The first-order valence-corrected chi connectivity index (χ1v) is 14.6. The van der Waals surface area contributed by atoms with Gasteiger partial charge in [0.25, 0.3) is 11.8 Å². The Labute approximate surface area is 253 Å². The Hall–Kier alpha value is -5.47. The Kier molecular flexibility index (Phi) is 7.04. The van der Waals surface area contributed by atoms with Crippen LogP contribution in [0.1, 0.15) is 47.8 Å². The Morgan fingerprint density at radius 1 is 0.659 bits per heavy atom. The van der Waals surface area contributed by atoms with Crippen molar-refractivity contribution in [2.24, 2.45) is 0 Å². The van der Waals surface area contributed by atoms with Crippen LogP contribution in [0.15, 0.2) is 84.9 Å². The van der Waals surface area contributed by atoms with Gasteiger partial charge in [0.1, 0.15) is 6.29 Å². The second-order valence-electron chi connectivity index (χ2n) is 11.0. The first-order chi connectivity index (χ1) is 21.6. The highest BCUT2D eigenvalue weighted by Gasteiger charge is 2.23. The van der Waals surface area contributed by atoms with Crippen molar-refractivity contribution >= 4 is 39.9 Å². The Morgan fingerprint density at radius 3 is 1.73 bits per heavy atom. The van der Waals surface area contributed by atoms with Crippen LogP contribution in [0.4, 0.5) is 0 Å². The van der Waals surface area contributed by atoms with Crippen LogP contribution in [0, 0.1) is 0 Å². The molecule has 0 atom stereocenters. The Morgan fingerprint density at radius 2 is 1.18 bits per heavy atom. The standard InChI is InChI=1S/C18H16N2O2.C18H14N2O2/c2*21-10-11-3-1-4-12(9-11)17-13-7-8-19-18(22)14-5-2-6-15(20-17)16(13)14/h1-6,9,20-21H,7-8,10H2,(H,19,22);1-6,9-10,20H,7-8H2,(H,19,22). The third kappa shape index (κ3) is 4.75. The van der Waals surface area contributed by atoms with Gasteiger partial charge in [-0.3, -0.25) is 14.4 Å². The molecule has 0 saturated heterocycles. The number of aromatic amines is 2. The maximum Gasteiger partial charge on any atom is 0.251 e. The molecule has 8 rings (SSSR count). The van der Waals surface area contributed by atoms with E-state index in [9.17, 15) is 19.5 Å². The molecule has 0 radical (unpaired) electrons. The lowest BCUT2D eigenvalue weighted by atomic mass is 9.99. The van der Waals surface area contributed by atoms with Crippen LogP contribution in [-0.4, -0.2) is 46.3 Å². The fourth-order valence-corrected chi connectivity index (χ4v) is 6.39. The van der Waals surface area contributed by atoms with E-state index in [-0.39, 0.29) is 18.4 Å². The van der Waals surface area contributed by atoms with E-state index in [0.29, 0.717) is 24.2 Å². The number of benzene rings is 4. The highest BCUT2D eigenvalue weighted by molar-refractivity contribution is 6.11. The minimum Gasteiger partial charge on any atom is -0.392 e. The molecule has 0 unspecified atom stereocenters. The molecule has 8 nitrogen and oxygen atoms in total. The normalized spacial score (nSPS) is 13.8. The summed E-state index contributed by atoms with van der Waals surface area (Å²) in [5.74, 6) is -0.0458. The number of aliphatic hydroxyl groups excluding tert-OH is 1. The van der Waals surface area contributed by atoms with E-state index in [2.05, 4.69) is 20.6 Å². The molecule has 218 valence electrons. The summed E-state index contributed by atoms with van der Waals surface area (Å²) in [6.45, 7) is 1.27. The topological polar surface area (TPSA) is 127 Å². The SMILES string of the molecule is O=C1NCCc2c(-c3cccc(CO)c3)[nH]c3cccc1c23.O=Cc1cccc(-c2[nH]c3cccc4c3c2CCNC4=O)c1. The van der Waals surface area contributed by atoms with Gasteiger partial charge in [-0.2, -0.15) is 0 Å². The van der Waals surface area contributed by atoms with Crippen LogP contribution in [-0.2, 0) is 19.4 Å². The smallest absolute Gasteiger partial charge is 0.251 e. The molecular formula is C36H30N4O4. The summed E-state index contributed by atoms with van der Waals surface area (Å²) in [4.78, 5) is 42.2. The lowest BCUT2D eigenvalue weighted by molar-refractivity contribution is 0.0949. The first-order valence-electron chi connectivity index (χ1n) is 14.6. The fraction of sp³-hybridized carbons (Fsp3) is 0.139. The Bertz CT molecular complexity index is 2090. The summed E-state index contributed by atoms with van der Waals surface area (Å²) in [5.41, 5.74) is 11.2. The third-order valence-electron chi connectivity index (χ3n) is 8.38. The highest BCUT2D eigenvalue weighted by atomic mass is 16.3. The lowest BCUT2D eigenvalue weighted by Crippen LogP contribution is -2.23. The maximum absolute atomic E-state index is 12.2. The molecule has 2 aliphatic rings. The van der Waals surface area contributed by atoms with Gasteiger partial charge >= 0.3 is 0 Å². The van der Waals surface area contributed by atoms with Crippen LogP contribution < -0.4 is 10.6 Å². The van der Waals surface area contributed by atoms with Gasteiger partial charge in [0.15, 0.2) is 0 Å². The molecule has 2 aliphatic heterocycles. The van der Waals surface area contributed by atoms with E-state index in [1.165, 1.54) is 5.56 Å². The minimum atomic E-state index is -0.0310. The molecule has 8 heteroatoms. The number of H-pyrrole nitrogens is 2. The van der Waals surface area contributed by atoms with E-state index >= 15 is 0 Å². The number of nitrogens with one attached hydrogen (secondary N) is 4. The average Bonchev–Trinajstić information content (AvgIpc) is 3.51. The van der Waals surface area contributed by atoms with Gasteiger partial charge in [-0.15, -0.1) is 0 Å². The van der Waals surface area contributed by atoms with Crippen LogP contribution in [0.25, 0.3) is 44.3 Å². The molecule has 44 heavy (non-hydrogen) atoms. The van der Waals surface area contributed by atoms with Gasteiger partial charge < -0.3 is 25.7 Å². The van der Waals surface area contributed by atoms with Crippen molar-refractivity contribution in [3.05, 3.63) is 118 Å². The number of rotatable bonds is 4. The van der Waals surface area contributed by atoms with E-state index in [4.69, 9.17) is 0 Å². The largest absolute Gasteiger partial charge is 0.392 e. The maximum atomic E-state index is 12.2. The molecule has 2 aromatic heterocycles. The summed E-state index contributed by atoms with van der Waals surface area (Å²) in [7, 11) is 0. The van der Waals surface area contributed by atoms with Crippen molar-refractivity contribution < 1.29 is 19.5 Å². The van der Waals surface area contributed by atoms with Gasteiger partial charge in [-0.1, -0.05) is 48.5 Å². The van der Waals surface area contributed by atoms with E-state index in [1.54, 1.807) is 6.07 Å². The van der Waals surface area contributed by atoms with Crippen molar-refractivity contribution in [1.82, 2.24) is 20.6 Å². The number of aldehydes is 1. The van der Waals surface area contributed by atoms with Crippen LogP contribution in [0.3, 0.4) is 0 Å². The molecule has 6 aromatic rings. The number of hydrogen-bond donors (Lipinski definition) is 5. The summed E-state index contributed by atoms with van der Waals surface area (Å²) in [6.07, 6.45) is 2.41. The molecule has 0 fully saturated rings. The fourth-order valence-electron chi connectivity index (χ4n) is 6.39. The second-order valence-corrected chi connectivity index (χ2v) is 11.0. The predicted octanol–water partition coefficient (Wildman–Crippen LogP) is 5.55. The summed E-state index contributed by atoms with van der Waals surface area (Å²) < 4.78 is 0. The van der Waals surface area contributed by atoms with Gasteiger partial charge in [-0.05, 0) is 77.1 Å². The third-order valence-corrected chi connectivity index (χ3v) is 8.38. The predicted molar refractivity (Wildman–Crippen MR) is 171 cm³/mol. The molecule has 0 spiro atoms. The Balaban J connectivity index is 0.000000142. The molecule has 4 heterocycles. The summed E-state index contributed by atoms with van der Waals surface area (Å²) >= 11 is 0. The zero-order valence-electron chi connectivity index (χ0n) is 23.9. The molecule has 0 bridgehead atoms. The van der Waals surface area contributed by atoms with Crippen molar-refractivity contribution in [2.75, 3.05) is 13.1 Å². The first kappa shape index (κ1) is 27.4. The molecule has 5 N–H and O–H groups in total. The van der Waals surface area contributed by atoms with Gasteiger partial charge in [0.2, 0.25) is 0 Å². The van der Waals surface area contributed by atoms with Gasteiger partial charge in [0, 0.05) is 63.0 Å². The zero-order chi connectivity index (χ0) is 30.2. The number of amides is 2. The number of aliphatic hydroxyl groups is 1. The minimum absolute atomic E-state index is 0.0148. The average molecular weight is 583 g/mol. The second kappa shape index (κ2) is 11.3. The van der Waals surface area contributed by atoms with Gasteiger partial charge in [-0.25, -0.2) is 0 Å². The van der Waals surface area contributed by atoms with Crippen molar-refractivity contribution in [3.8, 4) is 22.5 Å². The van der Waals surface area contributed by atoms with Crippen LogP contribution >= 0.6 is 0 Å². The van der Waals surface area contributed by atoms with Crippen LogP contribution in [0.5, 0.6) is 0 Å². The molecule has 2 amide bonds.